The van der Waals surface area contributed by atoms with Crippen LogP contribution in [0.3, 0.4) is 0 Å². The van der Waals surface area contributed by atoms with Crippen LogP contribution in [0, 0.1) is 0 Å². The summed E-state index contributed by atoms with van der Waals surface area (Å²) in [5.41, 5.74) is 5.08. The lowest BCUT2D eigenvalue weighted by Gasteiger charge is -2.23. The Hall–Kier alpha value is -0.630. The average Bonchev–Trinajstić information content (AvgIpc) is 2.43. The van der Waals surface area contributed by atoms with E-state index in [0.29, 0.717) is 24.4 Å². The number of hydrogen-bond donors (Lipinski definition) is 0. The Kier molecular flexibility index (Phi) is 6.85. The van der Waals surface area contributed by atoms with E-state index in [1.807, 2.05) is 0 Å². The molecule has 0 aromatic heterocycles. The standard InChI is InChI=1S/C18H31O3P/c1-12(2)15-9-16(13(3)4)18(17(10-15)14(5)6)11-21-22(8,19)20-7/h9-10,12-14H,11H2,1-8H3. The predicted octanol–water partition coefficient (Wildman–Crippen LogP) is 6.04. The summed E-state index contributed by atoms with van der Waals surface area (Å²) in [7, 11) is -1.54. The zero-order valence-electron chi connectivity index (χ0n) is 15.3. The fourth-order valence-corrected chi connectivity index (χ4v) is 2.98. The van der Waals surface area contributed by atoms with Gasteiger partial charge in [0.2, 0.25) is 0 Å². The lowest BCUT2D eigenvalue weighted by Crippen LogP contribution is -2.08. The van der Waals surface area contributed by atoms with Crippen molar-refractivity contribution in [1.82, 2.24) is 0 Å². The second kappa shape index (κ2) is 7.77. The highest BCUT2D eigenvalue weighted by molar-refractivity contribution is 7.52. The highest BCUT2D eigenvalue weighted by Gasteiger charge is 2.21. The Morgan fingerprint density at radius 3 is 1.73 bits per heavy atom. The number of rotatable bonds is 7. The molecule has 1 aromatic rings. The molecule has 0 fully saturated rings. The monoisotopic (exact) mass is 326 g/mol. The Labute approximate surface area is 136 Å². The third-order valence-corrected chi connectivity index (χ3v) is 5.29. The maximum Gasteiger partial charge on any atom is 0.327 e. The van der Waals surface area contributed by atoms with Crippen molar-refractivity contribution < 1.29 is 13.6 Å². The van der Waals surface area contributed by atoms with E-state index >= 15 is 0 Å². The van der Waals surface area contributed by atoms with Crippen LogP contribution in [0.5, 0.6) is 0 Å². The fourth-order valence-electron chi connectivity index (χ4n) is 2.51. The van der Waals surface area contributed by atoms with Crippen molar-refractivity contribution in [2.24, 2.45) is 0 Å². The van der Waals surface area contributed by atoms with Gasteiger partial charge in [0, 0.05) is 13.8 Å². The minimum atomic E-state index is -2.97. The highest BCUT2D eigenvalue weighted by Crippen LogP contribution is 2.45. The van der Waals surface area contributed by atoms with E-state index < -0.39 is 7.60 Å². The molecule has 1 atom stereocenters. The first-order chi connectivity index (χ1) is 10.1. The summed E-state index contributed by atoms with van der Waals surface area (Å²) >= 11 is 0. The van der Waals surface area contributed by atoms with Gasteiger partial charge >= 0.3 is 7.60 Å². The summed E-state index contributed by atoms with van der Waals surface area (Å²) in [6.45, 7) is 15.0. The zero-order valence-corrected chi connectivity index (χ0v) is 16.2. The molecule has 1 aromatic carbocycles. The molecule has 4 heteroatoms. The van der Waals surface area contributed by atoms with Crippen LogP contribution in [0.2, 0.25) is 0 Å². The minimum Gasteiger partial charge on any atom is -0.312 e. The first kappa shape index (κ1) is 19.4. The van der Waals surface area contributed by atoms with Gasteiger partial charge in [-0.05, 0) is 40.0 Å². The van der Waals surface area contributed by atoms with Crippen LogP contribution in [0.25, 0.3) is 0 Å². The van der Waals surface area contributed by atoms with Gasteiger partial charge in [0.1, 0.15) is 0 Å². The van der Waals surface area contributed by atoms with Crippen LogP contribution in [-0.2, 0) is 20.2 Å². The van der Waals surface area contributed by atoms with Gasteiger partial charge in [-0.2, -0.15) is 0 Å². The molecule has 126 valence electrons. The third kappa shape index (κ3) is 4.94. The summed E-state index contributed by atoms with van der Waals surface area (Å²) in [6.07, 6.45) is 0. The quantitative estimate of drug-likeness (QED) is 0.573. The molecular weight excluding hydrogens is 295 g/mol. The van der Waals surface area contributed by atoms with Crippen molar-refractivity contribution in [2.75, 3.05) is 13.8 Å². The molecule has 0 N–H and O–H groups in total. The number of benzene rings is 1. The molecule has 0 spiro atoms. The summed E-state index contributed by atoms with van der Waals surface area (Å²) in [6, 6.07) is 4.54. The second-order valence-corrected chi connectivity index (χ2v) is 9.04. The molecule has 0 amide bonds. The molecule has 0 aliphatic carbocycles. The van der Waals surface area contributed by atoms with Gasteiger partial charge in [0.05, 0.1) is 6.61 Å². The Morgan fingerprint density at radius 2 is 1.41 bits per heavy atom. The molecule has 0 radical (unpaired) electrons. The molecule has 0 saturated heterocycles. The van der Waals surface area contributed by atoms with E-state index in [9.17, 15) is 4.57 Å². The Bertz CT molecular complexity index is 518. The first-order valence-electron chi connectivity index (χ1n) is 8.03. The maximum absolute atomic E-state index is 12.0. The van der Waals surface area contributed by atoms with E-state index in [-0.39, 0.29) is 0 Å². The van der Waals surface area contributed by atoms with E-state index in [4.69, 9.17) is 9.05 Å². The van der Waals surface area contributed by atoms with Gasteiger partial charge in [-0.25, -0.2) is 0 Å². The Balaban J connectivity index is 3.35. The number of hydrogen-bond acceptors (Lipinski definition) is 3. The first-order valence-corrected chi connectivity index (χ1v) is 10.0. The van der Waals surface area contributed by atoms with Gasteiger partial charge in [0.25, 0.3) is 0 Å². The van der Waals surface area contributed by atoms with E-state index in [2.05, 4.69) is 53.7 Å². The molecule has 0 aliphatic rings. The lowest BCUT2D eigenvalue weighted by molar-refractivity contribution is 0.229. The van der Waals surface area contributed by atoms with Crippen molar-refractivity contribution in [3.05, 3.63) is 34.4 Å². The minimum absolute atomic E-state index is 0.334. The van der Waals surface area contributed by atoms with Crippen LogP contribution in [0.4, 0.5) is 0 Å². The summed E-state index contributed by atoms with van der Waals surface area (Å²) in [5, 5.41) is 0. The van der Waals surface area contributed by atoms with Gasteiger partial charge in [-0.1, -0.05) is 53.7 Å². The third-order valence-electron chi connectivity index (χ3n) is 4.03. The van der Waals surface area contributed by atoms with Crippen LogP contribution in [-0.4, -0.2) is 13.8 Å². The van der Waals surface area contributed by atoms with Gasteiger partial charge in [-0.3, -0.25) is 4.57 Å². The summed E-state index contributed by atoms with van der Waals surface area (Å²) in [4.78, 5) is 0. The van der Waals surface area contributed by atoms with Gasteiger partial charge in [0.15, 0.2) is 0 Å². The van der Waals surface area contributed by atoms with Gasteiger partial charge in [-0.15, -0.1) is 0 Å². The van der Waals surface area contributed by atoms with E-state index in [1.165, 1.54) is 30.5 Å². The van der Waals surface area contributed by atoms with Crippen molar-refractivity contribution in [3.8, 4) is 0 Å². The molecule has 22 heavy (non-hydrogen) atoms. The fraction of sp³-hybridized carbons (Fsp3) is 0.667. The van der Waals surface area contributed by atoms with E-state index in [1.54, 1.807) is 0 Å². The predicted molar refractivity (Wildman–Crippen MR) is 94.0 cm³/mol. The molecule has 0 bridgehead atoms. The second-order valence-electron chi connectivity index (χ2n) is 6.87. The largest absolute Gasteiger partial charge is 0.327 e. The van der Waals surface area contributed by atoms with Crippen molar-refractivity contribution >= 4 is 7.60 Å². The molecule has 3 nitrogen and oxygen atoms in total. The molecule has 0 saturated carbocycles. The van der Waals surface area contributed by atoms with Crippen LogP contribution >= 0.6 is 7.60 Å². The smallest absolute Gasteiger partial charge is 0.312 e. The van der Waals surface area contributed by atoms with Gasteiger partial charge < -0.3 is 9.05 Å². The van der Waals surface area contributed by atoms with Crippen LogP contribution in [0.15, 0.2) is 12.1 Å². The van der Waals surface area contributed by atoms with Crippen LogP contribution < -0.4 is 0 Å². The molecule has 1 unspecified atom stereocenters. The molecule has 1 rings (SSSR count). The topological polar surface area (TPSA) is 35.5 Å². The molecular formula is C18H31O3P. The Morgan fingerprint density at radius 1 is 0.955 bits per heavy atom. The van der Waals surface area contributed by atoms with Crippen molar-refractivity contribution in [1.29, 1.82) is 0 Å². The van der Waals surface area contributed by atoms with Crippen molar-refractivity contribution in [3.63, 3.8) is 0 Å². The van der Waals surface area contributed by atoms with Crippen LogP contribution in [0.1, 0.15) is 81.5 Å². The SMILES string of the molecule is COP(C)(=O)OCc1c(C(C)C)cc(C(C)C)cc1C(C)C. The lowest BCUT2D eigenvalue weighted by atomic mass is 9.85. The zero-order chi connectivity index (χ0) is 17.1. The maximum atomic E-state index is 12.0. The van der Waals surface area contributed by atoms with Crippen molar-refractivity contribution in [2.45, 2.75) is 65.9 Å². The normalized spacial score (nSPS) is 14.9. The summed E-state index contributed by atoms with van der Waals surface area (Å²) in [5.74, 6) is 1.28. The molecule has 0 heterocycles. The molecule has 0 aliphatic heterocycles. The average molecular weight is 326 g/mol. The highest BCUT2D eigenvalue weighted by atomic mass is 31.2. The van der Waals surface area contributed by atoms with E-state index in [0.717, 1.165) is 5.56 Å². The summed E-state index contributed by atoms with van der Waals surface area (Å²) < 4.78 is 22.6.